The van der Waals surface area contributed by atoms with E-state index in [0.717, 1.165) is 49.6 Å². The molecule has 1 aromatic heterocycles. The topological polar surface area (TPSA) is 93.9 Å². The summed E-state index contributed by atoms with van der Waals surface area (Å²) in [6.07, 6.45) is 6.12. The number of piperidine rings is 1. The summed E-state index contributed by atoms with van der Waals surface area (Å²) in [5.74, 6) is 1.63. The zero-order valence-corrected chi connectivity index (χ0v) is 14.6. The van der Waals surface area contributed by atoms with Crippen molar-refractivity contribution in [2.24, 2.45) is 0 Å². The van der Waals surface area contributed by atoms with Crippen molar-refractivity contribution in [2.75, 3.05) is 30.3 Å². The van der Waals surface area contributed by atoms with E-state index in [2.05, 4.69) is 40.2 Å². The third-order valence-electron chi connectivity index (χ3n) is 5.13. The van der Waals surface area contributed by atoms with Gasteiger partial charge >= 0.3 is 0 Å². The van der Waals surface area contributed by atoms with Crippen molar-refractivity contribution in [2.45, 2.75) is 44.1 Å². The lowest BCUT2D eigenvalue weighted by Gasteiger charge is -2.34. The Kier molecular flexibility index (Phi) is 4.88. The largest absolute Gasteiger partial charge is 0.369 e. The molecule has 0 spiro atoms. The quantitative estimate of drug-likeness (QED) is 0.797. The van der Waals surface area contributed by atoms with Gasteiger partial charge in [0.25, 0.3) is 0 Å². The van der Waals surface area contributed by atoms with Crippen LogP contribution in [-0.2, 0) is 10.2 Å². The summed E-state index contributed by atoms with van der Waals surface area (Å²) >= 11 is 0. The van der Waals surface area contributed by atoms with Crippen LogP contribution >= 0.6 is 0 Å². The van der Waals surface area contributed by atoms with Gasteiger partial charge in [-0.25, -0.2) is 9.97 Å². The molecule has 1 amide bonds. The molecule has 132 valence electrons. The van der Waals surface area contributed by atoms with Crippen LogP contribution in [0.3, 0.4) is 0 Å². The monoisotopic (exact) mass is 340 g/mol. The van der Waals surface area contributed by atoms with E-state index < -0.39 is 0 Å². The Bertz CT molecular complexity index is 712. The van der Waals surface area contributed by atoms with Crippen LogP contribution in [0.15, 0.2) is 19.0 Å². The average Bonchev–Trinajstić information content (AvgIpc) is 2.98. The molecule has 0 aromatic carbocycles. The maximum atomic E-state index is 11.9. The van der Waals surface area contributed by atoms with E-state index >= 15 is 0 Å². The van der Waals surface area contributed by atoms with E-state index in [9.17, 15) is 4.79 Å². The van der Waals surface area contributed by atoms with Crippen LogP contribution in [0.2, 0.25) is 0 Å². The Morgan fingerprint density at radius 2 is 2.48 bits per heavy atom. The van der Waals surface area contributed by atoms with Crippen LogP contribution in [0, 0.1) is 11.3 Å². The van der Waals surface area contributed by atoms with Crippen LogP contribution in [0.1, 0.15) is 38.2 Å². The van der Waals surface area contributed by atoms with Crippen molar-refractivity contribution in [3.63, 3.8) is 0 Å². The van der Waals surface area contributed by atoms with Crippen LogP contribution in [-0.4, -0.2) is 46.5 Å². The molecule has 2 atom stereocenters. The number of nitrogens with zero attached hydrogens (tertiary/aromatic N) is 4. The fourth-order valence-electron chi connectivity index (χ4n) is 3.73. The number of rotatable bonds is 5. The minimum absolute atomic E-state index is 0.0278. The van der Waals surface area contributed by atoms with Gasteiger partial charge < -0.3 is 15.5 Å². The highest BCUT2D eigenvalue weighted by molar-refractivity contribution is 5.87. The molecule has 0 bridgehead atoms. The minimum atomic E-state index is -0.167. The van der Waals surface area contributed by atoms with E-state index in [4.69, 9.17) is 5.26 Å². The van der Waals surface area contributed by atoms with Crippen LogP contribution in [0.4, 0.5) is 11.6 Å². The summed E-state index contributed by atoms with van der Waals surface area (Å²) in [5, 5.41) is 15.8. The molecule has 2 aliphatic heterocycles. The Balaban J connectivity index is 1.80. The van der Waals surface area contributed by atoms with Gasteiger partial charge in [-0.1, -0.05) is 13.5 Å². The lowest BCUT2D eigenvalue weighted by atomic mass is 9.81. The third-order valence-corrected chi connectivity index (χ3v) is 5.13. The smallest absolute Gasteiger partial charge is 0.246 e. The summed E-state index contributed by atoms with van der Waals surface area (Å²) in [6.45, 7) is 7.89. The number of fused-ring (bicyclic) bond motifs is 1. The van der Waals surface area contributed by atoms with E-state index in [-0.39, 0.29) is 17.4 Å². The molecule has 0 saturated carbocycles. The third kappa shape index (κ3) is 3.43. The lowest BCUT2D eigenvalue weighted by molar-refractivity contribution is -0.127. The van der Waals surface area contributed by atoms with Crippen LogP contribution in [0.5, 0.6) is 0 Å². The number of anilines is 2. The van der Waals surface area contributed by atoms with Crippen molar-refractivity contribution >= 4 is 17.5 Å². The molecule has 7 nitrogen and oxygen atoms in total. The normalized spacial score (nSPS) is 24.8. The molecule has 3 rings (SSSR count). The Labute approximate surface area is 148 Å². The van der Waals surface area contributed by atoms with E-state index in [1.165, 1.54) is 6.08 Å². The van der Waals surface area contributed by atoms with E-state index in [1.54, 1.807) is 6.33 Å². The van der Waals surface area contributed by atoms with Gasteiger partial charge in [-0.15, -0.1) is 0 Å². The van der Waals surface area contributed by atoms with E-state index in [1.807, 2.05) is 4.90 Å². The van der Waals surface area contributed by atoms with Crippen molar-refractivity contribution in [1.82, 2.24) is 14.9 Å². The summed E-state index contributed by atoms with van der Waals surface area (Å²) in [4.78, 5) is 22.5. The summed E-state index contributed by atoms with van der Waals surface area (Å²) in [6, 6.07) is 2.38. The first kappa shape index (κ1) is 17.2. The van der Waals surface area contributed by atoms with Gasteiger partial charge in [0.1, 0.15) is 18.0 Å². The van der Waals surface area contributed by atoms with Gasteiger partial charge in [0.05, 0.1) is 6.07 Å². The number of likely N-dealkylation sites (tertiary alicyclic amines) is 1. The van der Waals surface area contributed by atoms with Crippen molar-refractivity contribution in [1.29, 1.82) is 5.26 Å². The molecule has 25 heavy (non-hydrogen) atoms. The molecule has 2 aliphatic rings. The second kappa shape index (κ2) is 7.09. The zero-order chi connectivity index (χ0) is 17.9. The standard InChI is InChI=1S/C18H24N6O/c1-3-14(25)24-9-4-6-13(10-24)23-17-15-16(21-12-22-17)20-11-18(15,2)7-5-8-19/h3,12-13H,1,4-7,9-11H2,2H3,(H2,20,21,22,23). The first-order valence-corrected chi connectivity index (χ1v) is 8.71. The maximum absolute atomic E-state index is 11.9. The Hall–Kier alpha value is -2.62. The summed E-state index contributed by atoms with van der Waals surface area (Å²) < 4.78 is 0. The molecular weight excluding hydrogens is 316 g/mol. The molecule has 0 aliphatic carbocycles. The Morgan fingerprint density at radius 3 is 3.24 bits per heavy atom. The number of nitriles is 1. The number of hydrogen-bond acceptors (Lipinski definition) is 6. The van der Waals surface area contributed by atoms with Crippen molar-refractivity contribution < 1.29 is 4.79 Å². The zero-order valence-electron chi connectivity index (χ0n) is 14.6. The number of amides is 1. The molecular formula is C18H24N6O. The highest BCUT2D eigenvalue weighted by Gasteiger charge is 2.38. The predicted octanol–water partition coefficient (Wildman–Crippen LogP) is 2.05. The number of hydrogen-bond donors (Lipinski definition) is 2. The van der Waals surface area contributed by atoms with Gasteiger partial charge in [0.2, 0.25) is 5.91 Å². The molecule has 3 heterocycles. The summed E-state index contributed by atoms with van der Waals surface area (Å²) in [5.41, 5.74) is 0.886. The summed E-state index contributed by atoms with van der Waals surface area (Å²) in [7, 11) is 0. The van der Waals surface area contributed by atoms with Crippen LogP contribution < -0.4 is 10.6 Å². The van der Waals surface area contributed by atoms with Gasteiger partial charge in [0.15, 0.2) is 0 Å². The molecule has 2 N–H and O–H groups in total. The first-order valence-electron chi connectivity index (χ1n) is 8.71. The van der Waals surface area contributed by atoms with E-state index in [0.29, 0.717) is 13.0 Å². The second-order valence-electron chi connectivity index (χ2n) is 6.99. The highest BCUT2D eigenvalue weighted by Crippen LogP contribution is 2.42. The predicted molar refractivity (Wildman–Crippen MR) is 96.1 cm³/mol. The van der Waals surface area contributed by atoms with Gasteiger partial charge in [-0.2, -0.15) is 5.26 Å². The maximum Gasteiger partial charge on any atom is 0.246 e. The first-order chi connectivity index (χ1) is 12.1. The molecule has 1 saturated heterocycles. The number of carbonyl (C=O) groups excluding carboxylic acids is 1. The number of nitrogens with one attached hydrogen (secondary N) is 2. The average molecular weight is 340 g/mol. The lowest BCUT2D eigenvalue weighted by Crippen LogP contribution is -2.44. The number of aromatic nitrogens is 2. The van der Waals surface area contributed by atoms with Crippen molar-refractivity contribution in [3.05, 3.63) is 24.5 Å². The van der Waals surface area contributed by atoms with Gasteiger partial charge in [-0.05, 0) is 25.3 Å². The molecule has 7 heteroatoms. The minimum Gasteiger partial charge on any atom is -0.369 e. The Morgan fingerprint density at radius 1 is 1.64 bits per heavy atom. The molecule has 2 unspecified atom stereocenters. The van der Waals surface area contributed by atoms with Crippen LogP contribution in [0.25, 0.3) is 0 Å². The fraction of sp³-hybridized carbons (Fsp3) is 0.556. The molecule has 1 fully saturated rings. The SMILES string of the molecule is C=CC(=O)N1CCCC(Nc2ncnc3c2C(C)(CCC#N)CN3)C1. The molecule has 1 aromatic rings. The van der Waals surface area contributed by atoms with Gasteiger partial charge in [0, 0.05) is 43.1 Å². The fourth-order valence-corrected chi connectivity index (χ4v) is 3.73. The molecule has 0 radical (unpaired) electrons. The number of carbonyl (C=O) groups is 1. The van der Waals surface area contributed by atoms with Crippen molar-refractivity contribution in [3.8, 4) is 6.07 Å². The second-order valence-corrected chi connectivity index (χ2v) is 6.99. The highest BCUT2D eigenvalue weighted by atomic mass is 16.2. The van der Waals surface area contributed by atoms with Gasteiger partial charge in [-0.3, -0.25) is 4.79 Å².